The maximum Gasteiger partial charge on any atom is 0.0593 e. The summed E-state index contributed by atoms with van der Waals surface area (Å²) in [7, 11) is 0. The van der Waals surface area contributed by atoms with Crippen molar-refractivity contribution < 1.29 is 0 Å². The summed E-state index contributed by atoms with van der Waals surface area (Å²) in [6.07, 6.45) is 3.96. The fourth-order valence-corrected chi connectivity index (χ4v) is 2.79. The van der Waals surface area contributed by atoms with Gasteiger partial charge in [-0.25, -0.2) is 0 Å². The Morgan fingerprint density at radius 3 is 2.48 bits per heavy atom. The van der Waals surface area contributed by atoms with Gasteiger partial charge in [0.05, 0.1) is 12.2 Å². The summed E-state index contributed by atoms with van der Waals surface area (Å²) in [4.78, 5) is 9.23. The third-order valence-corrected chi connectivity index (χ3v) is 4.04. The third kappa shape index (κ3) is 3.61. The van der Waals surface area contributed by atoms with Crippen LogP contribution in [0.25, 0.3) is 0 Å². The maximum atomic E-state index is 4.44. The molecular weight excluding hydrogens is 262 g/mol. The van der Waals surface area contributed by atoms with Gasteiger partial charge in [-0.3, -0.25) is 14.6 Å². The van der Waals surface area contributed by atoms with Crippen LogP contribution in [0, 0.1) is 13.8 Å². The molecule has 5 nitrogen and oxygen atoms in total. The van der Waals surface area contributed by atoms with E-state index in [4.69, 9.17) is 0 Å². The van der Waals surface area contributed by atoms with Crippen molar-refractivity contribution in [3.8, 4) is 0 Å². The number of hydrogen-bond donors (Lipinski definition) is 0. The van der Waals surface area contributed by atoms with Crippen LogP contribution in [-0.4, -0.2) is 52.4 Å². The molecule has 3 heterocycles. The fraction of sp³-hybridized carbons (Fsp3) is 0.500. The molecule has 1 aliphatic heterocycles. The highest BCUT2D eigenvalue weighted by molar-refractivity contribution is 5.46. The van der Waals surface area contributed by atoms with Crippen LogP contribution < -0.4 is 4.90 Å². The molecule has 2 aromatic rings. The van der Waals surface area contributed by atoms with E-state index in [1.807, 2.05) is 24.7 Å². The second kappa shape index (κ2) is 6.26. The first-order valence-corrected chi connectivity index (χ1v) is 7.61. The van der Waals surface area contributed by atoms with Crippen LogP contribution in [0.4, 0.5) is 5.69 Å². The number of pyridine rings is 1. The molecule has 0 atom stereocenters. The largest absolute Gasteiger partial charge is 0.369 e. The van der Waals surface area contributed by atoms with Crippen LogP contribution in [0.1, 0.15) is 11.4 Å². The molecule has 0 radical (unpaired) electrons. The van der Waals surface area contributed by atoms with Gasteiger partial charge in [-0.05, 0) is 32.0 Å². The van der Waals surface area contributed by atoms with Crippen molar-refractivity contribution in [2.45, 2.75) is 20.4 Å². The molecule has 1 aliphatic rings. The van der Waals surface area contributed by atoms with Gasteiger partial charge in [0.25, 0.3) is 0 Å². The molecule has 1 saturated heterocycles. The molecule has 0 unspecified atom stereocenters. The third-order valence-electron chi connectivity index (χ3n) is 4.04. The van der Waals surface area contributed by atoms with E-state index in [0.29, 0.717) is 0 Å². The van der Waals surface area contributed by atoms with Gasteiger partial charge in [0.15, 0.2) is 0 Å². The molecule has 21 heavy (non-hydrogen) atoms. The highest BCUT2D eigenvalue weighted by Crippen LogP contribution is 2.16. The number of aromatic nitrogens is 3. The Morgan fingerprint density at radius 2 is 1.81 bits per heavy atom. The average molecular weight is 285 g/mol. The second-order valence-electron chi connectivity index (χ2n) is 5.70. The highest BCUT2D eigenvalue weighted by Gasteiger charge is 2.17. The Bertz CT molecular complexity index is 584. The Labute approximate surface area is 126 Å². The number of hydrogen-bond acceptors (Lipinski definition) is 4. The summed E-state index contributed by atoms with van der Waals surface area (Å²) in [5, 5.41) is 4.44. The summed E-state index contributed by atoms with van der Waals surface area (Å²) >= 11 is 0. The minimum Gasteiger partial charge on any atom is -0.369 e. The van der Waals surface area contributed by atoms with Crippen molar-refractivity contribution in [1.82, 2.24) is 19.7 Å². The normalized spacial score (nSPS) is 16.4. The van der Waals surface area contributed by atoms with Crippen LogP contribution in [-0.2, 0) is 6.54 Å². The molecule has 3 rings (SSSR count). The predicted octanol–water partition coefficient (Wildman–Crippen LogP) is 1.72. The summed E-state index contributed by atoms with van der Waals surface area (Å²) < 4.78 is 2.04. The van der Waals surface area contributed by atoms with Crippen molar-refractivity contribution in [2.75, 3.05) is 37.6 Å². The number of anilines is 1. The molecule has 0 aromatic carbocycles. The molecule has 0 spiro atoms. The molecule has 0 N–H and O–H groups in total. The van der Waals surface area contributed by atoms with Gasteiger partial charge in [-0.1, -0.05) is 0 Å². The highest BCUT2D eigenvalue weighted by atomic mass is 15.3. The van der Waals surface area contributed by atoms with Crippen LogP contribution >= 0.6 is 0 Å². The van der Waals surface area contributed by atoms with Gasteiger partial charge in [0.2, 0.25) is 0 Å². The van der Waals surface area contributed by atoms with Gasteiger partial charge in [0, 0.05) is 56.5 Å². The first-order chi connectivity index (χ1) is 10.2. The lowest BCUT2D eigenvalue weighted by Crippen LogP contribution is -2.47. The standard InChI is InChI=1S/C16H23N5/c1-14-4-6-21(18-14)12-9-19-7-10-20(11-8-19)16-3-5-17-15(2)13-16/h3-6,13H,7-12H2,1-2H3. The zero-order valence-electron chi connectivity index (χ0n) is 12.9. The average Bonchev–Trinajstić information content (AvgIpc) is 2.91. The number of rotatable bonds is 4. The Morgan fingerprint density at radius 1 is 1.00 bits per heavy atom. The van der Waals surface area contributed by atoms with Crippen LogP contribution in [0.5, 0.6) is 0 Å². The van der Waals surface area contributed by atoms with Crippen LogP contribution in [0.2, 0.25) is 0 Å². The number of nitrogens with zero attached hydrogens (tertiary/aromatic N) is 5. The summed E-state index contributed by atoms with van der Waals surface area (Å²) in [5.41, 5.74) is 3.47. The Balaban J connectivity index is 1.49. The number of aryl methyl sites for hydroxylation is 2. The van der Waals surface area contributed by atoms with E-state index in [1.54, 1.807) is 0 Å². The summed E-state index contributed by atoms with van der Waals surface area (Å²) in [6, 6.07) is 6.33. The number of piperazine rings is 1. The maximum absolute atomic E-state index is 4.44. The summed E-state index contributed by atoms with van der Waals surface area (Å²) in [6.45, 7) is 10.5. The lowest BCUT2D eigenvalue weighted by molar-refractivity contribution is 0.244. The van der Waals surface area contributed by atoms with E-state index in [-0.39, 0.29) is 0 Å². The first-order valence-electron chi connectivity index (χ1n) is 7.61. The van der Waals surface area contributed by atoms with Gasteiger partial charge < -0.3 is 4.90 Å². The quantitative estimate of drug-likeness (QED) is 0.857. The van der Waals surface area contributed by atoms with E-state index in [9.17, 15) is 0 Å². The van der Waals surface area contributed by atoms with E-state index in [2.05, 4.69) is 44.3 Å². The molecule has 0 amide bonds. The van der Waals surface area contributed by atoms with E-state index in [0.717, 1.165) is 50.7 Å². The smallest absolute Gasteiger partial charge is 0.0593 e. The van der Waals surface area contributed by atoms with Crippen molar-refractivity contribution in [2.24, 2.45) is 0 Å². The Kier molecular flexibility index (Phi) is 4.20. The van der Waals surface area contributed by atoms with Gasteiger partial charge in [-0.2, -0.15) is 5.10 Å². The monoisotopic (exact) mass is 285 g/mol. The molecular formula is C16H23N5. The minimum atomic E-state index is 0.974. The minimum absolute atomic E-state index is 0.974. The van der Waals surface area contributed by atoms with Gasteiger partial charge >= 0.3 is 0 Å². The van der Waals surface area contributed by atoms with Gasteiger partial charge in [0.1, 0.15) is 0 Å². The molecule has 0 aliphatic carbocycles. The van der Waals surface area contributed by atoms with E-state index in [1.165, 1.54) is 5.69 Å². The second-order valence-corrected chi connectivity index (χ2v) is 5.70. The fourth-order valence-electron chi connectivity index (χ4n) is 2.79. The van der Waals surface area contributed by atoms with Crippen molar-refractivity contribution >= 4 is 5.69 Å². The summed E-state index contributed by atoms with van der Waals surface area (Å²) in [5.74, 6) is 0. The molecule has 1 fully saturated rings. The Hall–Kier alpha value is -1.88. The lowest BCUT2D eigenvalue weighted by Gasteiger charge is -2.36. The SMILES string of the molecule is Cc1cc(N2CCN(CCn3ccc(C)n3)CC2)ccn1. The van der Waals surface area contributed by atoms with Crippen molar-refractivity contribution in [3.05, 3.63) is 42.0 Å². The zero-order valence-corrected chi connectivity index (χ0v) is 12.9. The van der Waals surface area contributed by atoms with Crippen LogP contribution in [0.3, 0.4) is 0 Å². The van der Waals surface area contributed by atoms with Crippen molar-refractivity contribution in [3.63, 3.8) is 0 Å². The van der Waals surface area contributed by atoms with Crippen molar-refractivity contribution in [1.29, 1.82) is 0 Å². The zero-order chi connectivity index (χ0) is 14.7. The topological polar surface area (TPSA) is 37.2 Å². The molecule has 2 aromatic heterocycles. The van der Waals surface area contributed by atoms with Crippen LogP contribution in [0.15, 0.2) is 30.6 Å². The molecule has 0 saturated carbocycles. The molecule has 112 valence electrons. The lowest BCUT2D eigenvalue weighted by atomic mass is 10.2. The van der Waals surface area contributed by atoms with E-state index < -0.39 is 0 Å². The molecule has 5 heteroatoms. The predicted molar refractivity (Wildman–Crippen MR) is 84.6 cm³/mol. The molecule has 0 bridgehead atoms. The first kappa shape index (κ1) is 14.1. The van der Waals surface area contributed by atoms with E-state index >= 15 is 0 Å². The van der Waals surface area contributed by atoms with Gasteiger partial charge in [-0.15, -0.1) is 0 Å².